The lowest BCUT2D eigenvalue weighted by Crippen LogP contribution is -2.58. The molecule has 2 aliphatic heterocycles. The Bertz CT molecular complexity index is 383. The van der Waals surface area contributed by atoms with Crippen LogP contribution in [0.5, 0.6) is 0 Å². The van der Waals surface area contributed by atoms with Crippen LogP contribution >= 0.6 is 0 Å². The highest BCUT2D eigenvalue weighted by Gasteiger charge is 2.40. The van der Waals surface area contributed by atoms with Gasteiger partial charge in [-0.3, -0.25) is 4.79 Å². The summed E-state index contributed by atoms with van der Waals surface area (Å²) in [7, 11) is 5.20. The highest BCUT2D eigenvalue weighted by molar-refractivity contribution is 5.79. The van der Waals surface area contributed by atoms with Gasteiger partial charge in [0.25, 0.3) is 0 Å². The molecular weight excluding hydrogens is 296 g/mol. The van der Waals surface area contributed by atoms with Gasteiger partial charge in [-0.15, -0.1) is 0 Å². The zero-order valence-corrected chi connectivity index (χ0v) is 15.2. The van der Waals surface area contributed by atoms with Crippen molar-refractivity contribution in [1.29, 1.82) is 0 Å². The van der Waals surface area contributed by atoms with E-state index in [9.17, 15) is 4.79 Å². The van der Waals surface area contributed by atoms with E-state index in [-0.39, 0.29) is 30.1 Å². The van der Waals surface area contributed by atoms with Gasteiger partial charge in [-0.05, 0) is 39.8 Å². The van der Waals surface area contributed by atoms with Crippen LogP contribution in [0.25, 0.3) is 0 Å². The third kappa shape index (κ3) is 4.24. The Hall–Kier alpha value is -0.690. The third-order valence-corrected chi connectivity index (χ3v) is 5.35. The van der Waals surface area contributed by atoms with E-state index >= 15 is 0 Å². The van der Waals surface area contributed by atoms with Crippen molar-refractivity contribution >= 4 is 5.91 Å². The van der Waals surface area contributed by atoms with Gasteiger partial charge >= 0.3 is 0 Å². The van der Waals surface area contributed by atoms with Gasteiger partial charge < -0.3 is 24.0 Å². The molecule has 0 aliphatic carbocycles. The Morgan fingerprint density at radius 1 is 1.17 bits per heavy atom. The van der Waals surface area contributed by atoms with Gasteiger partial charge in [0, 0.05) is 33.2 Å². The number of rotatable bonds is 5. The number of carbonyl (C=O) groups excluding carboxylic acids is 1. The third-order valence-electron chi connectivity index (χ3n) is 5.35. The van der Waals surface area contributed by atoms with Gasteiger partial charge in [0.15, 0.2) is 0 Å². The number of hydrogen-bond acceptors (Lipinski definition) is 5. The number of methoxy groups -OCH3 is 2. The molecule has 0 unspecified atom stereocenters. The number of hydrogen-bond donors (Lipinski definition) is 0. The summed E-state index contributed by atoms with van der Waals surface area (Å²) in [5.41, 5.74) is 0. The lowest BCUT2D eigenvalue weighted by Gasteiger charge is -2.42. The second-order valence-corrected chi connectivity index (χ2v) is 6.93. The molecular formula is C17H32N2O4. The van der Waals surface area contributed by atoms with Crippen LogP contribution in [-0.4, -0.2) is 87.6 Å². The molecule has 2 rings (SSSR count). The molecule has 0 radical (unpaired) electrons. The molecule has 134 valence electrons. The van der Waals surface area contributed by atoms with Crippen molar-refractivity contribution in [2.24, 2.45) is 5.92 Å². The van der Waals surface area contributed by atoms with Crippen LogP contribution in [0, 0.1) is 5.92 Å². The minimum atomic E-state index is -0.140. The lowest BCUT2D eigenvalue weighted by atomic mass is 9.93. The van der Waals surface area contributed by atoms with Gasteiger partial charge in [-0.2, -0.15) is 0 Å². The molecule has 0 spiro atoms. The molecule has 0 aromatic rings. The molecule has 1 amide bonds. The largest absolute Gasteiger partial charge is 0.376 e. The van der Waals surface area contributed by atoms with E-state index in [1.165, 1.54) is 0 Å². The molecule has 6 heteroatoms. The van der Waals surface area contributed by atoms with Crippen molar-refractivity contribution in [1.82, 2.24) is 9.80 Å². The molecule has 0 N–H and O–H groups in total. The number of nitrogens with zero attached hydrogens (tertiary/aromatic N) is 2. The Balaban J connectivity index is 1.96. The smallest absolute Gasteiger partial charge is 0.225 e. The Labute approximate surface area is 140 Å². The number of piperidine rings is 1. The average Bonchev–Trinajstić information content (AvgIpc) is 2.59. The summed E-state index contributed by atoms with van der Waals surface area (Å²) in [4.78, 5) is 17.2. The fourth-order valence-electron chi connectivity index (χ4n) is 3.70. The molecule has 3 atom stereocenters. The molecule has 0 saturated carbocycles. The minimum Gasteiger partial charge on any atom is -0.376 e. The van der Waals surface area contributed by atoms with Crippen LogP contribution in [0.4, 0.5) is 0 Å². The summed E-state index contributed by atoms with van der Waals surface area (Å²) in [6.45, 7) is 7.43. The van der Waals surface area contributed by atoms with Gasteiger partial charge in [-0.1, -0.05) is 0 Å². The van der Waals surface area contributed by atoms with Crippen molar-refractivity contribution in [3.05, 3.63) is 0 Å². The normalized spacial score (nSPS) is 30.6. The van der Waals surface area contributed by atoms with Crippen LogP contribution in [0.2, 0.25) is 0 Å². The van der Waals surface area contributed by atoms with E-state index < -0.39 is 0 Å². The summed E-state index contributed by atoms with van der Waals surface area (Å²) in [6, 6.07) is 0.463. The quantitative estimate of drug-likeness (QED) is 0.753. The highest BCUT2D eigenvalue weighted by Crippen LogP contribution is 2.25. The first-order chi connectivity index (χ1) is 11.0. The molecule has 2 saturated heterocycles. The van der Waals surface area contributed by atoms with E-state index in [1.54, 1.807) is 14.2 Å². The molecule has 23 heavy (non-hydrogen) atoms. The molecule has 6 nitrogen and oxygen atoms in total. The summed E-state index contributed by atoms with van der Waals surface area (Å²) in [6.07, 6.45) is 1.59. The minimum absolute atomic E-state index is 0.0886. The molecule has 2 aliphatic rings. The van der Waals surface area contributed by atoms with E-state index in [0.717, 1.165) is 25.9 Å². The van der Waals surface area contributed by atoms with Crippen LogP contribution in [0.3, 0.4) is 0 Å². The SMILES string of the molecule is CO[C@H]1[C@H](N(C)C(=O)C2CCN(C(C)C)CC2)COC[C@H]1OC. The maximum Gasteiger partial charge on any atom is 0.225 e. The van der Waals surface area contributed by atoms with E-state index in [1.807, 2.05) is 11.9 Å². The molecule has 0 bridgehead atoms. The second kappa shape index (κ2) is 8.42. The predicted molar refractivity (Wildman–Crippen MR) is 88.4 cm³/mol. The van der Waals surface area contributed by atoms with Crippen molar-refractivity contribution in [2.45, 2.75) is 51.0 Å². The Morgan fingerprint density at radius 2 is 1.83 bits per heavy atom. The summed E-state index contributed by atoms with van der Waals surface area (Å²) in [5.74, 6) is 0.316. The molecule has 2 heterocycles. The van der Waals surface area contributed by atoms with E-state index in [2.05, 4.69) is 18.7 Å². The zero-order chi connectivity index (χ0) is 17.0. The standard InChI is InChI=1S/C17H32N2O4/c1-12(2)19-8-6-13(7-9-19)17(20)18(3)14-10-23-11-15(21-4)16(14)22-5/h12-16H,6-11H2,1-5H3/t14-,15-,16+/m1/s1. The lowest BCUT2D eigenvalue weighted by molar-refractivity contribution is -0.167. The molecule has 0 aromatic heterocycles. The first kappa shape index (κ1) is 18.6. The number of likely N-dealkylation sites (N-methyl/N-ethyl adjacent to an activating group) is 1. The van der Waals surface area contributed by atoms with E-state index in [0.29, 0.717) is 19.3 Å². The fraction of sp³-hybridized carbons (Fsp3) is 0.941. The predicted octanol–water partition coefficient (Wildman–Crippen LogP) is 0.994. The van der Waals surface area contributed by atoms with Crippen LogP contribution in [0.15, 0.2) is 0 Å². The number of amides is 1. The van der Waals surface area contributed by atoms with Crippen LogP contribution in [0.1, 0.15) is 26.7 Å². The summed E-state index contributed by atoms with van der Waals surface area (Å²) < 4.78 is 16.7. The number of likely N-dealkylation sites (tertiary alicyclic amines) is 1. The first-order valence-corrected chi connectivity index (χ1v) is 8.63. The fourth-order valence-corrected chi connectivity index (χ4v) is 3.70. The van der Waals surface area contributed by atoms with Crippen molar-refractivity contribution in [3.8, 4) is 0 Å². The Morgan fingerprint density at radius 3 is 2.35 bits per heavy atom. The molecule has 2 fully saturated rings. The first-order valence-electron chi connectivity index (χ1n) is 8.63. The maximum atomic E-state index is 12.9. The van der Waals surface area contributed by atoms with E-state index in [4.69, 9.17) is 14.2 Å². The van der Waals surface area contributed by atoms with Crippen LogP contribution in [-0.2, 0) is 19.0 Å². The Kier molecular flexibility index (Phi) is 6.83. The van der Waals surface area contributed by atoms with Gasteiger partial charge in [0.1, 0.15) is 12.2 Å². The summed E-state index contributed by atoms with van der Waals surface area (Å²) >= 11 is 0. The van der Waals surface area contributed by atoms with Crippen LogP contribution < -0.4 is 0 Å². The zero-order valence-electron chi connectivity index (χ0n) is 15.2. The van der Waals surface area contributed by atoms with Crippen molar-refractivity contribution < 1.29 is 19.0 Å². The van der Waals surface area contributed by atoms with Gasteiger partial charge in [0.05, 0.1) is 19.3 Å². The van der Waals surface area contributed by atoms with Gasteiger partial charge in [-0.25, -0.2) is 0 Å². The van der Waals surface area contributed by atoms with Crippen molar-refractivity contribution in [3.63, 3.8) is 0 Å². The summed E-state index contributed by atoms with van der Waals surface area (Å²) in [5, 5.41) is 0. The van der Waals surface area contributed by atoms with Gasteiger partial charge in [0.2, 0.25) is 5.91 Å². The average molecular weight is 328 g/mol. The molecule has 0 aromatic carbocycles. The van der Waals surface area contributed by atoms with Crippen molar-refractivity contribution in [2.75, 3.05) is 47.6 Å². The number of ether oxygens (including phenoxy) is 3. The maximum absolute atomic E-state index is 12.9. The monoisotopic (exact) mass is 328 g/mol. The second-order valence-electron chi connectivity index (χ2n) is 6.93. The topological polar surface area (TPSA) is 51.2 Å². The number of carbonyl (C=O) groups is 1. The highest BCUT2D eigenvalue weighted by atomic mass is 16.6.